The zero-order valence-corrected chi connectivity index (χ0v) is 11.6. The highest BCUT2D eigenvalue weighted by atomic mass is 32.1. The third kappa shape index (κ3) is 3.40. The lowest BCUT2D eigenvalue weighted by Crippen LogP contribution is -2.31. The summed E-state index contributed by atoms with van der Waals surface area (Å²) in [5.41, 5.74) is 7.32. The maximum absolute atomic E-state index is 5.53. The Bertz CT molecular complexity index is 398. The Morgan fingerprint density at radius 3 is 2.72 bits per heavy atom. The van der Waals surface area contributed by atoms with E-state index < -0.39 is 0 Å². The van der Waals surface area contributed by atoms with Crippen LogP contribution < -0.4 is 10.6 Å². The number of aromatic nitrogens is 1. The van der Waals surface area contributed by atoms with E-state index in [0.717, 1.165) is 18.8 Å². The lowest BCUT2D eigenvalue weighted by molar-refractivity contribution is 0.346. The minimum Gasteiger partial charge on any atom is -0.388 e. The van der Waals surface area contributed by atoms with Crippen LogP contribution in [-0.2, 0) is 0 Å². The van der Waals surface area contributed by atoms with Gasteiger partial charge in [0.25, 0.3) is 0 Å². The molecule has 0 aliphatic carbocycles. The third-order valence-electron chi connectivity index (χ3n) is 3.39. The SMILES string of the molecule is CN(CCN1CCCC1)c1ccc(C(N)=S)nc1. The predicted octanol–water partition coefficient (Wildman–Crippen LogP) is 1.25. The molecule has 0 unspecified atom stereocenters. The Balaban J connectivity index is 1.87. The normalized spacial score (nSPS) is 15.8. The van der Waals surface area contributed by atoms with Gasteiger partial charge in [-0.05, 0) is 38.1 Å². The molecule has 1 aromatic heterocycles. The molecule has 1 saturated heterocycles. The lowest BCUT2D eigenvalue weighted by atomic mass is 10.3. The van der Waals surface area contributed by atoms with Crippen LogP contribution in [0.2, 0.25) is 0 Å². The van der Waals surface area contributed by atoms with Crippen molar-refractivity contribution in [3.8, 4) is 0 Å². The first kappa shape index (κ1) is 13.2. The number of nitrogens with two attached hydrogens (primary N) is 1. The average molecular weight is 264 g/mol. The number of thiocarbonyl (C=S) groups is 1. The van der Waals surface area contributed by atoms with Gasteiger partial charge < -0.3 is 15.5 Å². The molecule has 0 spiro atoms. The molecule has 2 heterocycles. The van der Waals surface area contributed by atoms with E-state index in [0.29, 0.717) is 10.7 Å². The Morgan fingerprint density at radius 1 is 1.44 bits per heavy atom. The van der Waals surface area contributed by atoms with Crippen LogP contribution in [0.3, 0.4) is 0 Å². The van der Waals surface area contributed by atoms with Crippen molar-refractivity contribution in [3.05, 3.63) is 24.0 Å². The van der Waals surface area contributed by atoms with Crippen LogP contribution in [0.5, 0.6) is 0 Å². The molecule has 1 aliphatic heterocycles. The van der Waals surface area contributed by atoms with Gasteiger partial charge in [0, 0.05) is 20.1 Å². The van der Waals surface area contributed by atoms with E-state index in [1.807, 2.05) is 18.3 Å². The van der Waals surface area contributed by atoms with Gasteiger partial charge in [-0.15, -0.1) is 0 Å². The van der Waals surface area contributed by atoms with E-state index in [-0.39, 0.29) is 0 Å². The molecule has 0 bridgehead atoms. The summed E-state index contributed by atoms with van der Waals surface area (Å²) in [6, 6.07) is 3.90. The summed E-state index contributed by atoms with van der Waals surface area (Å²) in [5, 5.41) is 0. The fourth-order valence-corrected chi connectivity index (χ4v) is 2.31. The van der Waals surface area contributed by atoms with Crippen LogP contribution in [0.25, 0.3) is 0 Å². The number of anilines is 1. The van der Waals surface area contributed by atoms with Crippen molar-refractivity contribution in [1.82, 2.24) is 9.88 Å². The van der Waals surface area contributed by atoms with Crippen molar-refractivity contribution in [2.24, 2.45) is 5.73 Å². The van der Waals surface area contributed by atoms with Gasteiger partial charge in [-0.25, -0.2) is 0 Å². The number of nitrogens with zero attached hydrogens (tertiary/aromatic N) is 3. The number of likely N-dealkylation sites (tertiary alicyclic amines) is 1. The van der Waals surface area contributed by atoms with Crippen molar-refractivity contribution in [2.75, 3.05) is 38.1 Å². The fourth-order valence-electron chi connectivity index (χ4n) is 2.18. The number of pyridine rings is 1. The second-order valence-electron chi connectivity index (χ2n) is 4.74. The summed E-state index contributed by atoms with van der Waals surface area (Å²) in [7, 11) is 2.09. The number of likely N-dealkylation sites (N-methyl/N-ethyl adjacent to an activating group) is 1. The van der Waals surface area contributed by atoms with E-state index in [4.69, 9.17) is 18.0 Å². The molecule has 1 fully saturated rings. The quantitative estimate of drug-likeness (QED) is 0.811. The molecule has 0 saturated carbocycles. The highest BCUT2D eigenvalue weighted by Crippen LogP contribution is 2.12. The first-order valence-corrected chi connectivity index (χ1v) is 6.77. The highest BCUT2D eigenvalue weighted by molar-refractivity contribution is 7.80. The molecule has 0 aromatic carbocycles. The Hall–Kier alpha value is -1.20. The highest BCUT2D eigenvalue weighted by Gasteiger charge is 2.12. The van der Waals surface area contributed by atoms with E-state index in [1.165, 1.54) is 25.9 Å². The zero-order chi connectivity index (χ0) is 13.0. The Labute approximate surface area is 114 Å². The number of hydrogen-bond donors (Lipinski definition) is 1. The van der Waals surface area contributed by atoms with Crippen LogP contribution in [0.15, 0.2) is 18.3 Å². The molecule has 1 aliphatic rings. The molecule has 4 nitrogen and oxygen atoms in total. The van der Waals surface area contributed by atoms with Gasteiger partial charge in [0.05, 0.1) is 17.6 Å². The third-order valence-corrected chi connectivity index (χ3v) is 3.60. The summed E-state index contributed by atoms with van der Waals surface area (Å²) < 4.78 is 0. The van der Waals surface area contributed by atoms with E-state index in [1.54, 1.807) is 0 Å². The molecule has 2 N–H and O–H groups in total. The van der Waals surface area contributed by atoms with Gasteiger partial charge in [-0.1, -0.05) is 12.2 Å². The first-order chi connectivity index (χ1) is 8.66. The Kier molecular flexibility index (Phi) is 4.49. The largest absolute Gasteiger partial charge is 0.388 e. The number of hydrogen-bond acceptors (Lipinski definition) is 4. The second kappa shape index (κ2) is 6.11. The maximum Gasteiger partial charge on any atom is 0.122 e. The summed E-state index contributed by atoms with van der Waals surface area (Å²) >= 11 is 4.89. The van der Waals surface area contributed by atoms with Crippen LogP contribution >= 0.6 is 12.2 Å². The molecule has 98 valence electrons. The summed E-state index contributed by atoms with van der Waals surface area (Å²) in [6.45, 7) is 4.63. The van der Waals surface area contributed by atoms with Crippen LogP contribution in [0, 0.1) is 0 Å². The molecule has 1 aromatic rings. The topological polar surface area (TPSA) is 45.4 Å². The molecule has 0 radical (unpaired) electrons. The van der Waals surface area contributed by atoms with Crippen LogP contribution in [0.4, 0.5) is 5.69 Å². The van der Waals surface area contributed by atoms with Crippen LogP contribution in [0.1, 0.15) is 18.5 Å². The molecule has 0 atom stereocenters. The van der Waals surface area contributed by atoms with Crippen molar-refractivity contribution >= 4 is 22.9 Å². The van der Waals surface area contributed by atoms with Crippen molar-refractivity contribution < 1.29 is 0 Å². The average Bonchev–Trinajstić information content (AvgIpc) is 2.89. The maximum atomic E-state index is 5.53. The first-order valence-electron chi connectivity index (χ1n) is 6.36. The van der Waals surface area contributed by atoms with Gasteiger partial charge in [0.1, 0.15) is 4.99 Å². The minimum absolute atomic E-state index is 0.348. The monoisotopic (exact) mass is 264 g/mol. The van der Waals surface area contributed by atoms with Gasteiger partial charge in [0.15, 0.2) is 0 Å². The molecule has 18 heavy (non-hydrogen) atoms. The van der Waals surface area contributed by atoms with Gasteiger partial charge >= 0.3 is 0 Å². The zero-order valence-electron chi connectivity index (χ0n) is 10.8. The van der Waals surface area contributed by atoms with Crippen LogP contribution in [-0.4, -0.2) is 48.1 Å². The lowest BCUT2D eigenvalue weighted by Gasteiger charge is -2.22. The van der Waals surface area contributed by atoms with E-state index in [2.05, 4.69) is 21.8 Å². The molecule has 5 heteroatoms. The van der Waals surface area contributed by atoms with E-state index >= 15 is 0 Å². The molecular weight excluding hydrogens is 244 g/mol. The Morgan fingerprint density at radius 2 is 2.17 bits per heavy atom. The van der Waals surface area contributed by atoms with Crippen molar-refractivity contribution in [2.45, 2.75) is 12.8 Å². The van der Waals surface area contributed by atoms with Gasteiger partial charge in [-0.3, -0.25) is 4.98 Å². The predicted molar refractivity (Wildman–Crippen MR) is 79.1 cm³/mol. The second-order valence-corrected chi connectivity index (χ2v) is 5.18. The summed E-state index contributed by atoms with van der Waals surface area (Å²) in [4.78, 5) is 9.33. The molecule has 0 amide bonds. The summed E-state index contributed by atoms with van der Waals surface area (Å²) in [6.07, 6.45) is 4.51. The van der Waals surface area contributed by atoms with E-state index in [9.17, 15) is 0 Å². The van der Waals surface area contributed by atoms with Crippen molar-refractivity contribution in [1.29, 1.82) is 0 Å². The smallest absolute Gasteiger partial charge is 0.122 e. The minimum atomic E-state index is 0.348. The molecular formula is C13H20N4S. The summed E-state index contributed by atoms with van der Waals surface area (Å²) in [5.74, 6) is 0. The van der Waals surface area contributed by atoms with Crippen molar-refractivity contribution in [3.63, 3.8) is 0 Å². The standard InChI is InChI=1S/C13H20N4S/c1-16(8-9-17-6-2-3-7-17)11-4-5-12(13(14)18)15-10-11/h4-5,10H,2-3,6-9H2,1H3,(H2,14,18). The molecule has 2 rings (SSSR count). The van der Waals surface area contributed by atoms with Gasteiger partial charge in [0.2, 0.25) is 0 Å². The fraction of sp³-hybridized carbons (Fsp3) is 0.538. The number of rotatable bonds is 5. The van der Waals surface area contributed by atoms with Gasteiger partial charge in [-0.2, -0.15) is 0 Å².